The van der Waals surface area contributed by atoms with Gasteiger partial charge in [-0.15, -0.1) is 0 Å². The zero-order valence-electron chi connectivity index (χ0n) is 15.1. The third kappa shape index (κ3) is 2.83. The molecule has 0 heterocycles. The lowest BCUT2D eigenvalue weighted by atomic mass is 9.74. The van der Waals surface area contributed by atoms with Crippen molar-refractivity contribution in [3.8, 4) is 34.5 Å². The molecule has 144 valence electrons. The molecule has 0 aliphatic heterocycles. The van der Waals surface area contributed by atoms with E-state index >= 15 is 0 Å². The Hall–Kier alpha value is -3.54. The van der Waals surface area contributed by atoms with Gasteiger partial charge >= 0.3 is 0 Å². The highest BCUT2D eigenvalue weighted by Crippen LogP contribution is 2.47. The van der Waals surface area contributed by atoms with Crippen LogP contribution in [0.4, 0.5) is 0 Å². The highest BCUT2D eigenvalue weighted by molar-refractivity contribution is 5.60. The molecule has 3 aromatic carbocycles. The van der Waals surface area contributed by atoms with Crippen molar-refractivity contribution in [2.45, 2.75) is 25.7 Å². The lowest BCUT2D eigenvalue weighted by Gasteiger charge is -2.30. The molecule has 0 amide bonds. The van der Waals surface area contributed by atoms with Crippen molar-refractivity contribution in [2.24, 2.45) is 0 Å². The van der Waals surface area contributed by atoms with Crippen molar-refractivity contribution < 1.29 is 30.6 Å². The summed E-state index contributed by atoms with van der Waals surface area (Å²) in [5, 5.41) is 60.4. The average Bonchev–Trinajstić information content (AvgIpc) is 2.59. The maximum Gasteiger partial charge on any atom is 0.157 e. The summed E-state index contributed by atoms with van der Waals surface area (Å²) >= 11 is 0. The fraction of sp³-hybridized carbons (Fsp3) is 0.182. The summed E-state index contributed by atoms with van der Waals surface area (Å²) in [6, 6.07) is 8.60. The van der Waals surface area contributed by atoms with Crippen LogP contribution in [0.15, 0.2) is 36.4 Å². The maximum atomic E-state index is 10.4. The van der Waals surface area contributed by atoms with E-state index in [1.165, 1.54) is 24.3 Å². The zero-order valence-corrected chi connectivity index (χ0v) is 15.1. The lowest BCUT2D eigenvalue weighted by molar-refractivity contribution is 0.401. The van der Waals surface area contributed by atoms with Crippen molar-refractivity contribution in [3.05, 3.63) is 69.8 Å². The van der Waals surface area contributed by atoms with Gasteiger partial charge in [0.2, 0.25) is 0 Å². The van der Waals surface area contributed by atoms with Crippen LogP contribution in [0.2, 0.25) is 0 Å². The van der Waals surface area contributed by atoms with Gasteiger partial charge in [-0.1, -0.05) is 0 Å². The Labute approximate surface area is 161 Å². The van der Waals surface area contributed by atoms with E-state index in [0.29, 0.717) is 35.1 Å². The zero-order chi connectivity index (χ0) is 20.2. The molecule has 6 N–H and O–H groups in total. The number of hydrogen-bond donors (Lipinski definition) is 6. The molecule has 28 heavy (non-hydrogen) atoms. The van der Waals surface area contributed by atoms with Crippen molar-refractivity contribution >= 4 is 0 Å². The Bertz CT molecular complexity index is 1080. The monoisotopic (exact) mass is 380 g/mol. The van der Waals surface area contributed by atoms with Gasteiger partial charge in [-0.3, -0.25) is 0 Å². The third-order valence-corrected chi connectivity index (χ3v) is 5.44. The number of phenols is 6. The molecule has 3 aromatic rings. The Morgan fingerprint density at radius 3 is 2.07 bits per heavy atom. The lowest BCUT2D eigenvalue weighted by Crippen LogP contribution is -2.16. The van der Waals surface area contributed by atoms with Gasteiger partial charge in [0, 0.05) is 30.0 Å². The summed E-state index contributed by atoms with van der Waals surface area (Å²) in [5.41, 5.74) is 4.08. The van der Waals surface area contributed by atoms with Crippen molar-refractivity contribution in [2.75, 3.05) is 0 Å². The fourth-order valence-electron chi connectivity index (χ4n) is 4.11. The van der Waals surface area contributed by atoms with Gasteiger partial charge in [0.25, 0.3) is 0 Å². The molecule has 0 radical (unpaired) electrons. The summed E-state index contributed by atoms with van der Waals surface area (Å²) in [6.07, 6.45) is 0.646. The van der Waals surface area contributed by atoms with Crippen LogP contribution in [-0.4, -0.2) is 30.6 Å². The number of rotatable bonds is 2. The second-order valence-electron chi connectivity index (χ2n) is 7.27. The first-order chi connectivity index (χ1) is 13.2. The normalized spacial score (nSPS) is 15.1. The van der Waals surface area contributed by atoms with Crippen molar-refractivity contribution in [1.82, 2.24) is 0 Å². The molecule has 1 atom stereocenters. The van der Waals surface area contributed by atoms with E-state index in [1.807, 2.05) is 0 Å². The summed E-state index contributed by atoms with van der Waals surface area (Å²) in [6.45, 7) is 1.77. The van der Waals surface area contributed by atoms with Crippen molar-refractivity contribution in [3.63, 3.8) is 0 Å². The first-order valence-corrected chi connectivity index (χ1v) is 8.85. The van der Waals surface area contributed by atoms with Crippen LogP contribution in [0, 0.1) is 6.92 Å². The molecule has 1 unspecified atom stereocenters. The molecule has 0 saturated carbocycles. The molecule has 6 nitrogen and oxygen atoms in total. The van der Waals surface area contributed by atoms with Gasteiger partial charge in [0.15, 0.2) is 11.5 Å². The second-order valence-corrected chi connectivity index (χ2v) is 7.27. The predicted molar refractivity (Wildman–Crippen MR) is 102 cm³/mol. The van der Waals surface area contributed by atoms with E-state index in [2.05, 4.69) is 0 Å². The fourth-order valence-corrected chi connectivity index (χ4v) is 4.11. The molecule has 1 aliphatic carbocycles. The van der Waals surface area contributed by atoms with E-state index < -0.39 is 5.92 Å². The first-order valence-electron chi connectivity index (χ1n) is 8.85. The van der Waals surface area contributed by atoms with Gasteiger partial charge < -0.3 is 30.6 Å². The smallest absolute Gasteiger partial charge is 0.157 e. The van der Waals surface area contributed by atoms with E-state index in [-0.39, 0.29) is 34.5 Å². The van der Waals surface area contributed by atoms with E-state index in [1.54, 1.807) is 19.1 Å². The van der Waals surface area contributed by atoms with Crippen molar-refractivity contribution in [1.29, 1.82) is 0 Å². The highest BCUT2D eigenvalue weighted by atomic mass is 16.3. The first kappa shape index (κ1) is 17.9. The molecular weight excluding hydrogens is 360 g/mol. The number of phenolic OH excluding ortho intramolecular Hbond substituents is 6. The van der Waals surface area contributed by atoms with E-state index in [9.17, 15) is 30.6 Å². The topological polar surface area (TPSA) is 121 Å². The highest BCUT2D eigenvalue weighted by Gasteiger charge is 2.30. The van der Waals surface area contributed by atoms with Crippen LogP contribution in [0.25, 0.3) is 0 Å². The average molecular weight is 380 g/mol. The minimum absolute atomic E-state index is 0.0407. The van der Waals surface area contributed by atoms with Crippen LogP contribution < -0.4 is 0 Å². The number of aromatic hydroxyl groups is 6. The second kappa shape index (κ2) is 6.27. The number of hydrogen-bond acceptors (Lipinski definition) is 6. The quantitative estimate of drug-likeness (QED) is 0.379. The third-order valence-electron chi connectivity index (χ3n) is 5.44. The molecule has 6 heteroatoms. The summed E-state index contributed by atoms with van der Waals surface area (Å²) in [5.74, 6) is -1.13. The maximum absolute atomic E-state index is 10.4. The van der Waals surface area contributed by atoms with Gasteiger partial charge in [0.05, 0.1) is 0 Å². The minimum Gasteiger partial charge on any atom is -0.508 e. The molecule has 4 rings (SSSR count). The SMILES string of the molecule is Cc1cc(O)cc(O)c1CC1c2cc(O)c(O)cc2Cc2c(O)cc(O)cc21. The molecule has 0 fully saturated rings. The van der Waals surface area contributed by atoms with E-state index in [0.717, 1.165) is 11.1 Å². The Morgan fingerprint density at radius 2 is 1.36 bits per heavy atom. The Morgan fingerprint density at radius 1 is 0.714 bits per heavy atom. The van der Waals surface area contributed by atoms with Crippen LogP contribution in [0.1, 0.15) is 39.3 Å². The van der Waals surface area contributed by atoms with Crippen LogP contribution in [-0.2, 0) is 12.8 Å². The van der Waals surface area contributed by atoms with Crippen LogP contribution in [0.5, 0.6) is 34.5 Å². The standard InChI is InChI=1S/C22H20O6/c1-10-2-12(23)6-19(25)14(10)8-17-15-9-22(28)21(27)4-11(15)3-18-16(17)5-13(24)7-20(18)26/h2,4-7,9,17,23-28H,3,8H2,1H3. The van der Waals surface area contributed by atoms with Gasteiger partial charge in [-0.2, -0.15) is 0 Å². The summed E-state index contributed by atoms with van der Waals surface area (Å²) in [4.78, 5) is 0. The van der Waals surface area contributed by atoms with Gasteiger partial charge in [-0.05, 0) is 65.4 Å². The Balaban J connectivity index is 1.93. The number of benzene rings is 3. The van der Waals surface area contributed by atoms with E-state index in [4.69, 9.17) is 0 Å². The van der Waals surface area contributed by atoms with Crippen LogP contribution in [0.3, 0.4) is 0 Å². The predicted octanol–water partition coefficient (Wildman–Crippen LogP) is 3.51. The Kier molecular flexibility index (Phi) is 4.00. The van der Waals surface area contributed by atoms with Crippen LogP contribution >= 0.6 is 0 Å². The minimum atomic E-state index is -0.391. The number of aryl methyl sites for hydroxylation is 1. The molecular formula is C22H20O6. The van der Waals surface area contributed by atoms with Gasteiger partial charge in [-0.25, -0.2) is 0 Å². The molecule has 0 aromatic heterocycles. The molecule has 0 saturated heterocycles. The largest absolute Gasteiger partial charge is 0.508 e. The van der Waals surface area contributed by atoms with Gasteiger partial charge in [0.1, 0.15) is 23.0 Å². The molecule has 1 aliphatic rings. The molecule has 0 spiro atoms. The number of fused-ring (bicyclic) bond motifs is 2. The summed E-state index contributed by atoms with van der Waals surface area (Å²) < 4.78 is 0. The summed E-state index contributed by atoms with van der Waals surface area (Å²) in [7, 11) is 0. The molecule has 0 bridgehead atoms.